The molecule has 1 aliphatic heterocycles. The fourth-order valence-corrected chi connectivity index (χ4v) is 4.70. The first-order valence-corrected chi connectivity index (χ1v) is 12.0. The minimum Gasteiger partial charge on any atom is -0.383 e. The number of amides is 2. The van der Waals surface area contributed by atoms with Gasteiger partial charge in [0, 0.05) is 33.3 Å². The van der Waals surface area contributed by atoms with Gasteiger partial charge in [-0.2, -0.15) is 5.10 Å². The van der Waals surface area contributed by atoms with Crippen molar-refractivity contribution in [2.45, 2.75) is 32.0 Å². The average Bonchev–Trinajstić information content (AvgIpc) is 3.60. The zero-order valence-corrected chi connectivity index (χ0v) is 21.4. The number of halogens is 2. The molecule has 4 rings (SSSR count). The summed E-state index contributed by atoms with van der Waals surface area (Å²) in [5.41, 5.74) is 1.06. The molecule has 37 heavy (non-hydrogen) atoms. The normalized spacial score (nSPS) is 16.9. The third kappa shape index (κ3) is 5.03. The summed E-state index contributed by atoms with van der Waals surface area (Å²) in [5.74, 6) is 4.49. The van der Waals surface area contributed by atoms with Gasteiger partial charge < -0.3 is 24.8 Å². The lowest BCUT2D eigenvalue weighted by atomic mass is 10.1. The number of likely N-dealkylation sites (tertiary alicyclic amines) is 1. The van der Waals surface area contributed by atoms with E-state index in [-0.39, 0.29) is 51.2 Å². The number of nitrogens with zero attached hydrogens (tertiary/aromatic N) is 4. The number of ether oxygens (including phenoxy) is 1. The highest BCUT2D eigenvalue weighted by molar-refractivity contribution is 6.32. The minimum atomic E-state index is -0.635. The van der Waals surface area contributed by atoms with E-state index in [1.54, 1.807) is 36.0 Å². The van der Waals surface area contributed by atoms with Gasteiger partial charge in [0.05, 0.1) is 35.1 Å². The van der Waals surface area contributed by atoms with Crippen molar-refractivity contribution >= 4 is 40.3 Å². The van der Waals surface area contributed by atoms with Crippen LogP contribution in [-0.2, 0) is 16.1 Å². The second kappa shape index (κ2) is 11.0. The van der Waals surface area contributed by atoms with Crippen LogP contribution in [0.25, 0.3) is 11.0 Å². The van der Waals surface area contributed by atoms with Crippen LogP contribution in [0.4, 0.5) is 10.2 Å². The Kier molecular flexibility index (Phi) is 7.80. The van der Waals surface area contributed by atoms with Crippen LogP contribution in [0.2, 0.25) is 5.02 Å². The Morgan fingerprint density at radius 2 is 2.22 bits per heavy atom. The topological polar surface area (TPSA) is 117 Å². The van der Waals surface area contributed by atoms with E-state index in [4.69, 9.17) is 16.3 Å². The number of nitrogens with one attached hydrogen (secondary N) is 3. The molecule has 1 fully saturated rings. The number of imidazole rings is 1. The zero-order chi connectivity index (χ0) is 26.7. The van der Waals surface area contributed by atoms with E-state index >= 15 is 4.39 Å². The lowest BCUT2D eigenvalue weighted by Gasteiger charge is -2.22. The van der Waals surface area contributed by atoms with Gasteiger partial charge in [-0.15, -0.1) is 0 Å². The number of aromatic nitrogens is 4. The molecule has 1 aliphatic rings. The Morgan fingerprint density at radius 3 is 2.89 bits per heavy atom. The lowest BCUT2D eigenvalue weighted by Crippen LogP contribution is -2.39. The molecule has 0 bridgehead atoms. The third-order valence-corrected chi connectivity index (χ3v) is 6.56. The standard InChI is InChI=1S/C25H27ClFN7O3/c1-5-20(35)34-11-14(9-15(34)12-37-4)30-25(36)21-18(31-32-24(21)28-3)8-7-16-17(26)10-19-23(22(16)27)29-13-33(19)6-2/h5,10,13-15H,1,6,9,11-12H2,2-4H3,(H,30,36)(H2,28,31,32)/t14-,15+/m0/s1. The first kappa shape index (κ1) is 26.2. The molecule has 3 N–H and O–H groups in total. The van der Waals surface area contributed by atoms with Gasteiger partial charge in [0.15, 0.2) is 11.6 Å². The van der Waals surface area contributed by atoms with Gasteiger partial charge in [-0.3, -0.25) is 14.7 Å². The average molecular weight is 528 g/mol. The number of carbonyl (C=O) groups excluding carboxylic acids is 2. The van der Waals surface area contributed by atoms with E-state index in [2.05, 4.69) is 44.2 Å². The number of fused-ring (bicyclic) bond motifs is 1. The van der Waals surface area contributed by atoms with Crippen LogP contribution in [0.1, 0.15) is 35.0 Å². The number of aromatic amines is 1. The predicted molar refractivity (Wildman–Crippen MR) is 138 cm³/mol. The molecule has 12 heteroatoms. The quantitative estimate of drug-likeness (QED) is 0.321. The molecule has 0 unspecified atom stereocenters. The van der Waals surface area contributed by atoms with Gasteiger partial charge >= 0.3 is 0 Å². The van der Waals surface area contributed by atoms with Gasteiger partial charge in [0.25, 0.3) is 5.91 Å². The molecular weight excluding hydrogens is 501 g/mol. The Balaban J connectivity index is 1.62. The van der Waals surface area contributed by atoms with Crippen molar-refractivity contribution < 1.29 is 18.7 Å². The van der Waals surface area contributed by atoms with Crippen molar-refractivity contribution in [3.8, 4) is 11.8 Å². The minimum absolute atomic E-state index is 0.0285. The maximum absolute atomic E-state index is 15.2. The fraction of sp³-hybridized carbons (Fsp3) is 0.360. The summed E-state index contributed by atoms with van der Waals surface area (Å²) in [4.78, 5) is 31.3. The van der Waals surface area contributed by atoms with E-state index in [1.165, 1.54) is 6.08 Å². The number of rotatable bonds is 7. The molecule has 1 aromatic carbocycles. The molecule has 3 aromatic rings. The van der Waals surface area contributed by atoms with Crippen LogP contribution in [0.15, 0.2) is 25.0 Å². The van der Waals surface area contributed by atoms with E-state index < -0.39 is 11.7 Å². The summed E-state index contributed by atoms with van der Waals surface area (Å²) in [5, 5.41) is 12.8. The fourth-order valence-electron chi connectivity index (χ4n) is 4.47. The number of H-pyrrole nitrogens is 1. The molecule has 2 amide bonds. The number of methoxy groups -OCH3 is 1. The largest absolute Gasteiger partial charge is 0.383 e. The van der Waals surface area contributed by atoms with Crippen molar-refractivity contribution in [2.24, 2.45) is 0 Å². The summed E-state index contributed by atoms with van der Waals surface area (Å²) in [6, 6.07) is 1.11. The molecule has 2 atom stereocenters. The SMILES string of the molecule is C=CC(=O)N1C[C@@H](NC(=O)c2c(NC)n[nH]c2C#Cc2c(Cl)cc3c(ncn3CC)c2F)C[C@@H]1COC. The smallest absolute Gasteiger partial charge is 0.258 e. The highest BCUT2D eigenvalue weighted by atomic mass is 35.5. The summed E-state index contributed by atoms with van der Waals surface area (Å²) in [6.07, 6.45) is 3.30. The first-order valence-electron chi connectivity index (χ1n) is 11.7. The summed E-state index contributed by atoms with van der Waals surface area (Å²) in [6.45, 7) is 6.72. The molecule has 0 saturated carbocycles. The van der Waals surface area contributed by atoms with Gasteiger partial charge in [0.1, 0.15) is 16.8 Å². The molecule has 10 nitrogen and oxygen atoms in total. The van der Waals surface area contributed by atoms with Crippen molar-refractivity contribution in [1.82, 2.24) is 30.0 Å². The van der Waals surface area contributed by atoms with Crippen LogP contribution in [0, 0.1) is 17.7 Å². The monoisotopic (exact) mass is 527 g/mol. The second-order valence-corrected chi connectivity index (χ2v) is 8.89. The zero-order valence-electron chi connectivity index (χ0n) is 20.7. The van der Waals surface area contributed by atoms with Gasteiger partial charge in [-0.25, -0.2) is 9.37 Å². The van der Waals surface area contributed by atoms with Crippen LogP contribution < -0.4 is 10.6 Å². The first-order chi connectivity index (χ1) is 17.8. The second-order valence-electron chi connectivity index (χ2n) is 8.48. The van der Waals surface area contributed by atoms with Crippen molar-refractivity contribution in [2.75, 3.05) is 32.6 Å². The predicted octanol–water partition coefficient (Wildman–Crippen LogP) is 2.55. The Morgan fingerprint density at radius 1 is 1.43 bits per heavy atom. The van der Waals surface area contributed by atoms with Crippen molar-refractivity contribution in [1.29, 1.82) is 0 Å². The van der Waals surface area contributed by atoms with Crippen LogP contribution in [0.3, 0.4) is 0 Å². The molecular formula is C25H27ClFN7O3. The third-order valence-electron chi connectivity index (χ3n) is 6.26. The number of carbonyl (C=O) groups is 2. The highest BCUT2D eigenvalue weighted by Gasteiger charge is 2.35. The number of benzene rings is 1. The van der Waals surface area contributed by atoms with Crippen molar-refractivity contribution in [3.63, 3.8) is 0 Å². The summed E-state index contributed by atoms with van der Waals surface area (Å²) >= 11 is 6.35. The van der Waals surface area contributed by atoms with Gasteiger partial charge in [0.2, 0.25) is 5.91 Å². The molecule has 1 saturated heterocycles. The van der Waals surface area contributed by atoms with E-state index in [1.807, 2.05) is 6.92 Å². The van der Waals surface area contributed by atoms with E-state index in [0.29, 0.717) is 31.6 Å². The van der Waals surface area contributed by atoms with Crippen LogP contribution in [0.5, 0.6) is 0 Å². The van der Waals surface area contributed by atoms with E-state index in [9.17, 15) is 9.59 Å². The molecule has 2 aromatic heterocycles. The number of hydrogen-bond donors (Lipinski definition) is 3. The molecule has 0 aliphatic carbocycles. The maximum atomic E-state index is 15.2. The molecule has 0 spiro atoms. The maximum Gasteiger partial charge on any atom is 0.258 e. The molecule has 3 heterocycles. The van der Waals surface area contributed by atoms with Gasteiger partial charge in [-0.05, 0) is 31.4 Å². The summed E-state index contributed by atoms with van der Waals surface area (Å²) in [7, 11) is 3.17. The Hall–Kier alpha value is -3.88. The molecule has 194 valence electrons. The number of aryl methyl sites for hydroxylation is 1. The van der Waals surface area contributed by atoms with E-state index in [0.717, 1.165) is 0 Å². The Labute approximate surface area is 218 Å². The van der Waals surface area contributed by atoms with Crippen LogP contribution >= 0.6 is 11.6 Å². The highest BCUT2D eigenvalue weighted by Crippen LogP contribution is 2.27. The number of anilines is 1. The molecule has 0 radical (unpaired) electrons. The lowest BCUT2D eigenvalue weighted by molar-refractivity contribution is -0.127. The van der Waals surface area contributed by atoms with Crippen molar-refractivity contribution in [3.05, 3.63) is 52.7 Å². The number of hydrogen-bond acceptors (Lipinski definition) is 6. The van der Waals surface area contributed by atoms with Crippen LogP contribution in [-0.4, -0.2) is 75.9 Å². The summed E-state index contributed by atoms with van der Waals surface area (Å²) < 4.78 is 22.2. The Bertz CT molecular complexity index is 1420. The van der Waals surface area contributed by atoms with Gasteiger partial charge in [-0.1, -0.05) is 24.1 Å².